The minimum atomic E-state index is 0.512. The van der Waals surface area contributed by atoms with Gasteiger partial charge in [-0.2, -0.15) is 10.2 Å². The first kappa shape index (κ1) is 24.5. The van der Waals surface area contributed by atoms with Crippen LogP contribution in [0.15, 0.2) is 48.5 Å². The summed E-state index contributed by atoms with van der Waals surface area (Å²) in [6, 6.07) is 16.5. The standard InChI is InChI=1S/C27H32N6OS/c1-17-10-12-22(13-11-17)15-32-20(4)25(18(2)30-32)28-27(35)29-26-19(3)31-33(21(26)5)16-23-8-7-9-24(14-23)34-6/h7-14H,15-16H2,1-6H3,(H2,28,29,35). The van der Waals surface area contributed by atoms with Crippen molar-refractivity contribution in [2.75, 3.05) is 17.7 Å². The highest BCUT2D eigenvalue weighted by Gasteiger charge is 2.16. The zero-order chi connectivity index (χ0) is 25.1. The molecule has 4 aromatic rings. The summed E-state index contributed by atoms with van der Waals surface area (Å²) in [5.41, 5.74) is 9.25. The second-order valence-electron chi connectivity index (χ2n) is 8.82. The zero-order valence-corrected chi connectivity index (χ0v) is 22.0. The molecule has 0 atom stereocenters. The molecule has 0 saturated carbocycles. The second-order valence-corrected chi connectivity index (χ2v) is 9.23. The van der Waals surface area contributed by atoms with Crippen LogP contribution in [0.1, 0.15) is 39.5 Å². The number of rotatable bonds is 7. The molecule has 0 unspecified atom stereocenters. The molecule has 35 heavy (non-hydrogen) atoms. The van der Waals surface area contributed by atoms with Gasteiger partial charge in [0.25, 0.3) is 0 Å². The van der Waals surface area contributed by atoms with Crippen LogP contribution in [0.4, 0.5) is 11.4 Å². The van der Waals surface area contributed by atoms with Gasteiger partial charge in [-0.05, 0) is 70.1 Å². The Kier molecular flexibility index (Phi) is 7.21. The predicted octanol–water partition coefficient (Wildman–Crippen LogP) is 5.54. The molecular weight excluding hydrogens is 456 g/mol. The second kappa shape index (κ2) is 10.3. The maximum atomic E-state index is 5.67. The third-order valence-corrected chi connectivity index (χ3v) is 6.36. The Bertz CT molecular complexity index is 1350. The Labute approximate surface area is 212 Å². The summed E-state index contributed by atoms with van der Waals surface area (Å²) in [4.78, 5) is 0. The van der Waals surface area contributed by atoms with Crippen molar-refractivity contribution in [3.8, 4) is 5.75 Å². The van der Waals surface area contributed by atoms with Crippen LogP contribution in [-0.4, -0.2) is 31.8 Å². The van der Waals surface area contributed by atoms with Crippen LogP contribution >= 0.6 is 12.2 Å². The molecule has 0 saturated heterocycles. The number of aryl methyl sites for hydroxylation is 3. The molecule has 2 N–H and O–H groups in total. The van der Waals surface area contributed by atoms with E-state index < -0.39 is 0 Å². The quantitative estimate of drug-likeness (QED) is 0.333. The molecule has 0 aliphatic rings. The minimum absolute atomic E-state index is 0.512. The molecule has 2 aromatic carbocycles. The van der Waals surface area contributed by atoms with Crippen molar-refractivity contribution in [2.24, 2.45) is 0 Å². The highest BCUT2D eigenvalue weighted by molar-refractivity contribution is 7.80. The van der Waals surface area contributed by atoms with Crippen LogP contribution in [0.3, 0.4) is 0 Å². The van der Waals surface area contributed by atoms with Crippen LogP contribution < -0.4 is 15.4 Å². The van der Waals surface area contributed by atoms with Crippen molar-refractivity contribution in [3.63, 3.8) is 0 Å². The molecule has 4 rings (SSSR count). The van der Waals surface area contributed by atoms with Gasteiger partial charge in [0.05, 0.1) is 54.3 Å². The van der Waals surface area contributed by atoms with E-state index in [1.807, 2.05) is 48.3 Å². The van der Waals surface area contributed by atoms with E-state index in [1.165, 1.54) is 11.1 Å². The van der Waals surface area contributed by atoms with Crippen molar-refractivity contribution >= 4 is 28.7 Å². The Morgan fingerprint density at radius 1 is 0.800 bits per heavy atom. The molecule has 0 radical (unpaired) electrons. The van der Waals surface area contributed by atoms with Gasteiger partial charge in [0.1, 0.15) is 5.75 Å². The summed E-state index contributed by atoms with van der Waals surface area (Å²) in [5, 5.41) is 16.7. The molecule has 8 heteroatoms. The molecule has 0 amide bonds. The highest BCUT2D eigenvalue weighted by atomic mass is 32.1. The topological polar surface area (TPSA) is 68.9 Å². The lowest BCUT2D eigenvalue weighted by atomic mass is 10.1. The van der Waals surface area contributed by atoms with Crippen LogP contribution in [0.2, 0.25) is 0 Å². The average molecular weight is 489 g/mol. The number of nitrogens with zero attached hydrogens (tertiary/aromatic N) is 4. The van der Waals surface area contributed by atoms with Gasteiger partial charge in [-0.15, -0.1) is 0 Å². The number of hydrogen-bond donors (Lipinski definition) is 2. The minimum Gasteiger partial charge on any atom is -0.497 e. The third kappa shape index (κ3) is 5.54. The van der Waals surface area contributed by atoms with E-state index in [-0.39, 0.29) is 0 Å². The molecule has 0 aliphatic heterocycles. The first-order valence-electron chi connectivity index (χ1n) is 11.6. The van der Waals surface area contributed by atoms with Crippen molar-refractivity contribution < 1.29 is 4.74 Å². The van der Waals surface area contributed by atoms with Crippen LogP contribution in [-0.2, 0) is 13.1 Å². The maximum Gasteiger partial charge on any atom is 0.175 e. The van der Waals surface area contributed by atoms with E-state index >= 15 is 0 Å². The van der Waals surface area contributed by atoms with Crippen LogP contribution in [0, 0.1) is 34.6 Å². The van der Waals surface area contributed by atoms with Gasteiger partial charge >= 0.3 is 0 Å². The van der Waals surface area contributed by atoms with E-state index in [0.29, 0.717) is 18.2 Å². The summed E-state index contributed by atoms with van der Waals surface area (Å²) >= 11 is 5.67. The summed E-state index contributed by atoms with van der Waals surface area (Å²) in [6.07, 6.45) is 0. The van der Waals surface area contributed by atoms with Gasteiger partial charge in [-0.3, -0.25) is 9.36 Å². The fourth-order valence-electron chi connectivity index (χ4n) is 4.13. The molecule has 0 fully saturated rings. The van der Waals surface area contributed by atoms with Crippen molar-refractivity contribution in [1.82, 2.24) is 19.6 Å². The average Bonchev–Trinajstić information content (AvgIpc) is 3.24. The van der Waals surface area contributed by atoms with E-state index in [4.69, 9.17) is 27.2 Å². The summed E-state index contributed by atoms with van der Waals surface area (Å²) in [7, 11) is 1.67. The smallest absolute Gasteiger partial charge is 0.175 e. The molecule has 0 bridgehead atoms. The first-order chi connectivity index (χ1) is 16.7. The van der Waals surface area contributed by atoms with E-state index in [9.17, 15) is 0 Å². The molecule has 2 heterocycles. The summed E-state index contributed by atoms with van der Waals surface area (Å²) in [6.45, 7) is 11.5. The van der Waals surface area contributed by atoms with Gasteiger partial charge in [0.2, 0.25) is 0 Å². The molecule has 7 nitrogen and oxygen atoms in total. The Hall–Kier alpha value is -3.65. The largest absolute Gasteiger partial charge is 0.497 e. The van der Waals surface area contributed by atoms with Crippen molar-refractivity contribution in [1.29, 1.82) is 0 Å². The number of methoxy groups -OCH3 is 1. The number of hydrogen-bond acceptors (Lipinski definition) is 4. The van der Waals surface area contributed by atoms with E-state index in [0.717, 1.165) is 45.5 Å². The number of nitrogens with one attached hydrogen (secondary N) is 2. The first-order valence-corrected chi connectivity index (χ1v) is 12.0. The SMILES string of the molecule is COc1cccc(Cn2nc(C)c(NC(=S)Nc3c(C)nn(Cc4ccc(C)cc4)c3C)c2C)c1. The van der Waals surface area contributed by atoms with Gasteiger partial charge in [0.15, 0.2) is 5.11 Å². The number of benzene rings is 2. The van der Waals surface area contributed by atoms with Crippen LogP contribution in [0.25, 0.3) is 0 Å². The Morgan fingerprint density at radius 2 is 1.34 bits per heavy atom. The van der Waals surface area contributed by atoms with Gasteiger partial charge < -0.3 is 15.4 Å². The highest BCUT2D eigenvalue weighted by Crippen LogP contribution is 2.24. The third-order valence-electron chi connectivity index (χ3n) is 6.16. The molecular formula is C27H32N6OS. The van der Waals surface area contributed by atoms with E-state index in [2.05, 4.69) is 54.8 Å². The van der Waals surface area contributed by atoms with Gasteiger partial charge in [-0.1, -0.05) is 42.0 Å². The number of anilines is 2. The Morgan fingerprint density at radius 3 is 1.89 bits per heavy atom. The lowest BCUT2D eigenvalue weighted by Gasteiger charge is -2.12. The lowest BCUT2D eigenvalue weighted by molar-refractivity contribution is 0.414. The van der Waals surface area contributed by atoms with Crippen LogP contribution in [0.5, 0.6) is 5.75 Å². The van der Waals surface area contributed by atoms with Gasteiger partial charge in [0, 0.05) is 0 Å². The summed E-state index contributed by atoms with van der Waals surface area (Å²) in [5.74, 6) is 0.835. The Balaban J connectivity index is 1.47. The maximum absolute atomic E-state index is 5.67. The predicted molar refractivity (Wildman–Crippen MR) is 146 cm³/mol. The zero-order valence-electron chi connectivity index (χ0n) is 21.1. The molecule has 0 aliphatic carbocycles. The monoisotopic (exact) mass is 488 g/mol. The number of ether oxygens (including phenoxy) is 1. The molecule has 2 aromatic heterocycles. The lowest BCUT2D eigenvalue weighted by Crippen LogP contribution is -2.21. The van der Waals surface area contributed by atoms with E-state index in [1.54, 1.807) is 7.11 Å². The fraction of sp³-hybridized carbons (Fsp3) is 0.296. The van der Waals surface area contributed by atoms with Gasteiger partial charge in [-0.25, -0.2) is 0 Å². The molecule has 0 spiro atoms. The van der Waals surface area contributed by atoms with Crippen molar-refractivity contribution in [3.05, 3.63) is 88.0 Å². The van der Waals surface area contributed by atoms with Crippen molar-refractivity contribution in [2.45, 2.75) is 47.7 Å². The molecule has 182 valence electrons. The number of thiocarbonyl (C=S) groups is 1. The fourth-order valence-corrected chi connectivity index (χ4v) is 4.34. The normalized spacial score (nSPS) is 10.9. The summed E-state index contributed by atoms with van der Waals surface area (Å²) < 4.78 is 9.33. The number of aromatic nitrogens is 4.